The van der Waals surface area contributed by atoms with Crippen LogP contribution >= 0.6 is 35.2 Å². The third-order valence-electron chi connectivity index (χ3n) is 8.29. The molecular formula is C30H44N7O18P3S. The molecule has 3 heterocycles. The van der Waals surface area contributed by atoms with Gasteiger partial charge in [0.2, 0.25) is 16.9 Å². The number of amides is 2. The standard InChI is InChI=1S/C30H44N7O18P3S/c1-30(2,24(41)27(42)33-9-8-20(39)32-10-11-59-29(43)18(38)12-17-6-4-3-5-7-17)14-52-58(49,50)55-57(47,48)51-13-19-23(54-56(44,45)46)22(40)28(53-19)37-16-36-21-25(31)34-15-35-26(21)37/h3-7,15-16,18-19,22-24,28,38,40-41H,8-14H2,1-2H3,(H,32,39)(H,33,42)(H,47,48)(H,49,50)(H2,31,34,35)(H2,44,45,46)/t18-,19-,22-,23-,24+,28-/m1/s1. The number of aromatic nitrogens is 4. The van der Waals surface area contributed by atoms with Crippen molar-refractivity contribution < 1.29 is 85.6 Å². The molecule has 0 bridgehead atoms. The first-order valence-corrected chi connectivity index (χ1v) is 22.8. The number of phosphoric ester groups is 3. The van der Waals surface area contributed by atoms with Gasteiger partial charge in [0.25, 0.3) is 0 Å². The Morgan fingerprint density at radius 2 is 1.68 bits per heavy atom. The second-order valence-electron chi connectivity index (χ2n) is 13.4. The van der Waals surface area contributed by atoms with Gasteiger partial charge < -0.3 is 56.0 Å². The van der Waals surface area contributed by atoms with E-state index in [4.69, 9.17) is 19.5 Å². The van der Waals surface area contributed by atoms with Crippen molar-refractivity contribution in [2.45, 2.75) is 63.4 Å². The van der Waals surface area contributed by atoms with Gasteiger partial charge in [0.05, 0.1) is 19.5 Å². The molecule has 2 amide bonds. The molecule has 29 heteroatoms. The van der Waals surface area contributed by atoms with Crippen LogP contribution < -0.4 is 16.4 Å². The molecule has 3 aromatic rings. The van der Waals surface area contributed by atoms with Crippen LogP contribution in [0, 0.1) is 5.41 Å². The SMILES string of the molecule is CC(C)(COP(=O)(O)OP(=O)(O)OC[C@H]1O[C@@H](n2cnc3c(N)ncnc32)[C@H](O)[C@@H]1OP(=O)(O)O)[C@@H](O)C(=O)NCCC(=O)NCCSC(=O)[C@H](O)Cc1ccccc1. The van der Waals surface area contributed by atoms with Crippen LogP contribution in [-0.4, -0.2) is 134 Å². The molecule has 0 spiro atoms. The summed E-state index contributed by atoms with van der Waals surface area (Å²) in [5.41, 5.74) is 5.01. The number of ether oxygens (including phenoxy) is 1. The average Bonchev–Trinajstić information content (AvgIpc) is 3.71. The molecule has 59 heavy (non-hydrogen) atoms. The monoisotopic (exact) mass is 915 g/mol. The van der Waals surface area contributed by atoms with Crippen molar-refractivity contribution in [1.82, 2.24) is 30.2 Å². The number of carbonyl (C=O) groups is 3. The van der Waals surface area contributed by atoms with Crippen molar-refractivity contribution >= 4 is 69.1 Å². The minimum atomic E-state index is -5.59. The van der Waals surface area contributed by atoms with Crippen LogP contribution in [0.5, 0.6) is 0 Å². The van der Waals surface area contributed by atoms with Crippen LogP contribution in [0.4, 0.5) is 5.82 Å². The summed E-state index contributed by atoms with van der Waals surface area (Å²) in [6.07, 6.45) is -8.11. The summed E-state index contributed by atoms with van der Waals surface area (Å²) in [6.45, 7) is 0.270. The number of nitrogens with one attached hydrogen (secondary N) is 2. The van der Waals surface area contributed by atoms with Gasteiger partial charge in [-0.1, -0.05) is 55.9 Å². The van der Waals surface area contributed by atoms with Gasteiger partial charge in [-0.2, -0.15) is 4.31 Å². The first-order valence-electron chi connectivity index (χ1n) is 17.3. The summed E-state index contributed by atoms with van der Waals surface area (Å²) in [6, 6.07) is 8.94. The minimum absolute atomic E-state index is 0.0239. The number of carbonyl (C=O) groups excluding carboxylic acids is 3. The Balaban J connectivity index is 1.20. The molecule has 11 N–H and O–H groups in total. The lowest BCUT2D eigenvalue weighted by atomic mass is 9.87. The number of nitrogen functional groups attached to an aromatic ring is 1. The zero-order chi connectivity index (χ0) is 43.8. The van der Waals surface area contributed by atoms with Gasteiger partial charge in [0.1, 0.15) is 42.4 Å². The van der Waals surface area contributed by atoms with E-state index >= 15 is 0 Å². The molecule has 25 nitrogen and oxygen atoms in total. The van der Waals surface area contributed by atoms with E-state index in [1.165, 1.54) is 13.8 Å². The van der Waals surface area contributed by atoms with Crippen molar-refractivity contribution in [2.75, 3.05) is 37.8 Å². The van der Waals surface area contributed by atoms with Gasteiger partial charge in [-0.05, 0) is 5.56 Å². The third-order valence-corrected chi connectivity index (χ3v) is 12.4. The lowest BCUT2D eigenvalue weighted by Gasteiger charge is -2.30. The summed E-state index contributed by atoms with van der Waals surface area (Å²) in [7, 11) is -16.4. The minimum Gasteiger partial charge on any atom is -0.386 e. The predicted octanol–water partition coefficient (Wildman–Crippen LogP) is -0.732. The van der Waals surface area contributed by atoms with Crippen LogP contribution in [0.2, 0.25) is 0 Å². The van der Waals surface area contributed by atoms with Gasteiger partial charge in [-0.25, -0.2) is 28.6 Å². The molecule has 1 aromatic carbocycles. The lowest BCUT2D eigenvalue weighted by molar-refractivity contribution is -0.137. The number of hydrogen-bond donors (Lipinski definition) is 10. The predicted molar refractivity (Wildman–Crippen MR) is 203 cm³/mol. The maximum atomic E-state index is 12.7. The first kappa shape index (κ1) is 48.4. The Morgan fingerprint density at radius 1 is 1.00 bits per heavy atom. The highest BCUT2D eigenvalue weighted by Crippen LogP contribution is 2.61. The van der Waals surface area contributed by atoms with E-state index in [-0.39, 0.29) is 48.7 Å². The van der Waals surface area contributed by atoms with Gasteiger partial charge in [0, 0.05) is 37.1 Å². The number of benzene rings is 1. The average molecular weight is 916 g/mol. The molecule has 0 aliphatic carbocycles. The summed E-state index contributed by atoms with van der Waals surface area (Å²) in [4.78, 5) is 87.9. The number of aliphatic hydroxyl groups excluding tert-OH is 3. The maximum Gasteiger partial charge on any atom is 0.481 e. The van der Waals surface area contributed by atoms with Crippen LogP contribution in [0.1, 0.15) is 32.1 Å². The molecule has 2 aromatic heterocycles. The highest BCUT2D eigenvalue weighted by atomic mass is 32.2. The van der Waals surface area contributed by atoms with Crippen LogP contribution in [0.3, 0.4) is 0 Å². The van der Waals surface area contributed by atoms with E-state index in [9.17, 15) is 63.0 Å². The lowest BCUT2D eigenvalue weighted by Crippen LogP contribution is -2.46. The van der Waals surface area contributed by atoms with E-state index in [1.54, 1.807) is 24.3 Å². The Labute approximate surface area is 339 Å². The van der Waals surface area contributed by atoms with E-state index in [1.807, 2.05) is 6.07 Å². The first-order chi connectivity index (χ1) is 27.5. The smallest absolute Gasteiger partial charge is 0.386 e. The fourth-order valence-electron chi connectivity index (χ4n) is 5.30. The number of anilines is 1. The highest BCUT2D eigenvalue weighted by Gasteiger charge is 2.50. The molecule has 1 aliphatic rings. The largest absolute Gasteiger partial charge is 0.481 e. The molecule has 4 rings (SSSR count). The van der Waals surface area contributed by atoms with Gasteiger partial charge in [-0.3, -0.25) is 32.5 Å². The van der Waals surface area contributed by atoms with Crippen LogP contribution in [0.25, 0.3) is 11.2 Å². The highest BCUT2D eigenvalue weighted by molar-refractivity contribution is 8.13. The fraction of sp³-hybridized carbons (Fsp3) is 0.533. The fourth-order valence-corrected chi connectivity index (χ4v) is 8.81. The van der Waals surface area contributed by atoms with E-state index in [0.29, 0.717) is 0 Å². The summed E-state index contributed by atoms with van der Waals surface area (Å²) < 4.78 is 62.1. The number of nitrogens with zero attached hydrogens (tertiary/aromatic N) is 4. The van der Waals surface area contributed by atoms with Gasteiger partial charge in [-0.15, -0.1) is 0 Å². The quantitative estimate of drug-likeness (QED) is 0.0438. The maximum absolute atomic E-state index is 12.7. The Kier molecular flexibility index (Phi) is 16.8. The van der Waals surface area contributed by atoms with Gasteiger partial charge >= 0.3 is 23.5 Å². The molecule has 0 radical (unpaired) electrons. The number of imidazole rings is 1. The summed E-state index contributed by atoms with van der Waals surface area (Å²) >= 11 is 0.848. The molecule has 2 unspecified atom stereocenters. The van der Waals surface area contributed by atoms with Crippen molar-refractivity contribution in [1.29, 1.82) is 0 Å². The number of fused-ring (bicyclic) bond motifs is 1. The van der Waals surface area contributed by atoms with Crippen molar-refractivity contribution in [3.05, 3.63) is 48.5 Å². The zero-order valence-electron chi connectivity index (χ0n) is 31.2. The number of phosphoric acid groups is 3. The van der Waals surface area contributed by atoms with E-state index < -0.39 is 95.8 Å². The second kappa shape index (κ2) is 20.5. The molecule has 0 saturated carbocycles. The van der Waals surface area contributed by atoms with Crippen molar-refractivity contribution in [3.63, 3.8) is 0 Å². The molecular weight excluding hydrogens is 871 g/mol. The second-order valence-corrected chi connectivity index (χ2v) is 18.8. The van der Waals surface area contributed by atoms with E-state index in [2.05, 4.69) is 34.4 Å². The Morgan fingerprint density at radius 3 is 2.36 bits per heavy atom. The Hall–Kier alpha value is -3.26. The van der Waals surface area contributed by atoms with Crippen LogP contribution in [-0.2, 0) is 57.1 Å². The molecule has 8 atom stereocenters. The number of thioether (sulfide) groups is 1. The molecule has 1 saturated heterocycles. The number of aliphatic hydroxyl groups is 3. The van der Waals surface area contributed by atoms with Gasteiger partial charge in [0.15, 0.2) is 17.7 Å². The summed E-state index contributed by atoms with van der Waals surface area (Å²) in [5.74, 6) is -1.37. The van der Waals surface area contributed by atoms with Crippen molar-refractivity contribution in [3.8, 4) is 0 Å². The molecule has 1 fully saturated rings. The Bertz CT molecular complexity index is 2080. The van der Waals surface area contributed by atoms with Crippen molar-refractivity contribution in [2.24, 2.45) is 5.41 Å². The van der Waals surface area contributed by atoms with E-state index in [0.717, 1.165) is 34.5 Å². The number of hydrogen-bond acceptors (Lipinski definition) is 19. The zero-order valence-corrected chi connectivity index (χ0v) is 34.7. The number of rotatable bonds is 22. The third kappa shape index (κ3) is 14.4. The topological polar surface area (TPSA) is 384 Å². The summed E-state index contributed by atoms with van der Waals surface area (Å²) in [5, 5.41) is 36.0. The molecule has 1 aliphatic heterocycles. The number of nitrogens with two attached hydrogens (primary N) is 1. The molecule has 328 valence electrons. The normalized spacial score (nSPS) is 21.6. The van der Waals surface area contributed by atoms with Crippen LogP contribution in [0.15, 0.2) is 43.0 Å².